The van der Waals surface area contributed by atoms with Crippen molar-refractivity contribution in [1.29, 1.82) is 0 Å². The van der Waals surface area contributed by atoms with Crippen molar-refractivity contribution in [3.05, 3.63) is 95.0 Å². The summed E-state index contributed by atoms with van der Waals surface area (Å²) in [4.78, 5) is 46.2. The van der Waals surface area contributed by atoms with Crippen molar-refractivity contribution in [3.8, 4) is 0 Å². The molecule has 7 nitrogen and oxygen atoms in total. The van der Waals surface area contributed by atoms with Gasteiger partial charge in [-0.3, -0.25) is 19.3 Å². The fraction of sp³-hybridized carbons (Fsp3) is 0.185. The maximum Gasteiger partial charge on any atom is 0.321 e. The molecule has 1 aliphatic rings. The molecule has 0 saturated carbocycles. The van der Waals surface area contributed by atoms with Crippen molar-refractivity contribution < 1.29 is 19.1 Å². The number of ether oxygens (including phenoxy) is 1. The molecule has 8 heteroatoms. The first kappa shape index (κ1) is 22.8. The molecule has 0 N–H and O–H groups in total. The van der Waals surface area contributed by atoms with Crippen molar-refractivity contribution in [1.82, 2.24) is 9.55 Å². The molecule has 2 heterocycles. The van der Waals surface area contributed by atoms with Crippen LogP contribution in [0.5, 0.6) is 0 Å². The zero-order chi connectivity index (χ0) is 24.5. The Morgan fingerprint density at radius 3 is 2.37 bits per heavy atom. The summed E-state index contributed by atoms with van der Waals surface area (Å²) in [6.45, 7) is 1.55. The third-order valence-electron chi connectivity index (χ3n) is 6.09. The minimum atomic E-state index is -1.18. The summed E-state index contributed by atoms with van der Waals surface area (Å²) in [7, 11) is 0. The number of para-hydroxylation sites is 2. The fourth-order valence-corrected chi connectivity index (χ4v) is 4.65. The lowest BCUT2D eigenvalue weighted by atomic mass is 9.89. The van der Waals surface area contributed by atoms with Crippen LogP contribution in [0.1, 0.15) is 28.9 Å². The fourth-order valence-electron chi connectivity index (χ4n) is 4.52. The van der Waals surface area contributed by atoms with E-state index in [0.29, 0.717) is 22.1 Å². The van der Waals surface area contributed by atoms with E-state index < -0.39 is 23.8 Å². The molecule has 0 unspecified atom stereocenters. The quantitative estimate of drug-likeness (QED) is 0.224. The smallest absolute Gasteiger partial charge is 0.321 e. The number of carbonyl (C=O) groups excluding carboxylic acids is 3. The summed E-state index contributed by atoms with van der Waals surface area (Å²) in [5, 5.41) is 0.505. The molecule has 1 amide bonds. The van der Waals surface area contributed by atoms with Gasteiger partial charge in [-0.2, -0.15) is 0 Å². The Hall–Kier alpha value is -3.97. The minimum Gasteiger partial charge on any atom is -0.465 e. The van der Waals surface area contributed by atoms with Gasteiger partial charge < -0.3 is 9.30 Å². The van der Waals surface area contributed by atoms with Crippen LogP contribution < -0.4 is 4.90 Å². The molecule has 0 bridgehead atoms. The van der Waals surface area contributed by atoms with Crippen LogP contribution in [0.15, 0.2) is 78.9 Å². The van der Waals surface area contributed by atoms with Gasteiger partial charge in [0.25, 0.3) is 0 Å². The van der Waals surface area contributed by atoms with Gasteiger partial charge in [0.1, 0.15) is 0 Å². The first-order chi connectivity index (χ1) is 17.0. The van der Waals surface area contributed by atoms with Crippen LogP contribution in [0.25, 0.3) is 11.0 Å². The Morgan fingerprint density at radius 2 is 1.66 bits per heavy atom. The second-order valence-corrected chi connectivity index (χ2v) is 8.65. The van der Waals surface area contributed by atoms with Crippen molar-refractivity contribution in [2.75, 3.05) is 18.1 Å². The molecule has 1 aromatic heterocycles. The van der Waals surface area contributed by atoms with Gasteiger partial charge in [-0.1, -0.05) is 54.1 Å². The molecule has 5 rings (SSSR count). The van der Waals surface area contributed by atoms with Crippen LogP contribution in [-0.2, 0) is 14.3 Å². The van der Waals surface area contributed by atoms with E-state index in [1.54, 1.807) is 31.2 Å². The SMILES string of the molecule is CCOC(=O)[C@H]1C(=O)N(CC(=O)c2ccc(Cl)cc2)c2nc3ccccc3n2[C@H]1c1ccccc1. The van der Waals surface area contributed by atoms with E-state index in [1.807, 2.05) is 59.2 Å². The maximum absolute atomic E-state index is 13.9. The van der Waals surface area contributed by atoms with Crippen LogP contribution in [0.4, 0.5) is 5.95 Å². The molecule has 0 radical (unpaired) electrons. The zero-order valence-corrected chi connectivity index (χ0v) is 19.7. The first-order valence-corrected chi connectivity index (χ1v) is 11.7. The van der Waals surface area contributed by atoms with Crippen LogP contribution in [0.3, 0.4) is 0 Å². The van der Waals surface area contributed by atoms with Gasteiger partial charge >= 0.3 is 5.97 Å². The number of nitrogens with zero attached hydrogens (tertiary/aromatic N) is 3. The second-order valence-electron chi connectivity index (χ2n) is 8.21. The van der Waals surface area contributed by atoms with Crippen molar-refractivity contribution in [3.63, 3.8) is 0 Å². The van der Waals surface area contributed by atoms with Gasteiger partial charge in [-0.15, -0.1) is 0 Å². The molecule has 0 aliphatic carbocycles. The number of anilines is 1. The summed E-state index contributed by atoms with van der Waals surface area (Å²) >= 11 is 5.96. The molecule has 3 aromatic carbocycles. The van der Waals surface area contributed by atoms with E-state index >= 15 is 0 Å². The summed E-state index contributed by atoms with van der Waals surface area (Å²) in [5.41, 5.74) is 2.58. The average Bonchev–Trinajstić information content (AvgIpc) is 3.25. The predicted octanol–water partition coefficient (Wildman–Crippen LogP) is 4.69. The van der Waals surface area contributed by atoms with Gasteiger partial charge in [0.15, 0.2) is 11.7 Å². The maximum atomic E-state index is 13.9. The van der Waals surface area contributed by atoms with Crippen molar-refractivity contribution in [2.24, 2.45) is 5.92 Å². The predicted molar refractivity (Wildman–Crippen MR) is 133 cm³/mol. The van der Waals surface area contributed by atoms with E-state index in [1.165, 1.54) is 4.90 Å². The highest BCUT2D eigenvalue weighted by molar-refractivity contribution is 6.30. The Kier molecular flexibility index (Phi) is 6.09. The number of ketones is 1. The topological polar surface area (TPSA) is 81.5 Å². The van der Waals surface area contributed by atoms with E-state index in [9.17, 15) is 14.4 Å². The Labute approximate surface area is 206 Å². The molecular weight excluding hydrogens is 466 g/mol. The molecule has 176 valence electrons. The summed E-state index contributed by atoms with van der Waals surface area (Å²) in [5.74, 6) is -2.33. The second kappa shape index (κ2) is 9.35. The third kappa shape index (κ3) is 4.08. The van der Waals surface area contributed by atoms with Gasteiger partial charge in [-0.05, 0) is 48.9 Å². The van der Waals surface area contributed by atoms with Crippen molar-refractivity contribution >= 4 is 46.2 Å². The van der Waals surface area contributed by atoms with E-state index in [0.717, 1.165) is 11.1 Å². The molecule has 0 fully saturated rings. The number of amides is 1. The van der Waals surface area contributed by atoms with E-state index in [-0.39, 0.29) is 18.9 Å². The highest BCUT2D eigenvalue weighted by Gasteiger charge is 2.48. The van der Waals surface area contributed by atoms with Crippen LogP contribution in [0, 0.1) is 5.92 Å². The molecule has 2 atom stereocenters. The molecule has 1 aliphatic heterocycles. The number of hydrogen-bond acceptors (Lipinski definition) is 5. The average molecular weight is 488 g/mol. The number of Topliss-reactive ketones (excluding diaryl/α,β-unsaturated/α-hetero) is 1. The monoisotopic (exact) mass is 487 g/mol. The number of imidazole rings is 1. The molecular formula is C27H22ClN3O4. The van der Waals surface area contributed by atoms with E-state index in [2.05, 4.69) is 0 Å². The highest BCUT2D eigenvalue weighted by atomic mass is 35.5. The number of fused-ring (bicyclic) bond motifs is 3. The molecule has 35 heavy (non-hydrogen) atoms. The lowest BCUT2D eigenvalue weighted by molar-refractivity contribution is -0.153. The Morgan fingerprint density at radius 1 is 0.971 bits per heavy atom. The Bertz CT molecular complexity index is 1420. The first-order valence-electron chi connectivity index (χ1n) is 11.3. The van der Waals surface area contributed by atoms with Crippen LogP contribution >= 0.6 is 11.6 Å². The number of hydrogen-bond donors (Lipinski definition) is 0. The number of carbonyl (C=O) groups is 3. The number of esters is 1. The van der Waals surface area contributed by atoms with Crippen LogP contribution in [0.2, 0.25) is 5.02 Å². The standard InChI is InChI=1S/C27H22ClN3O4/c1-2-35-26(34)23-24(18-8-4-3-5-9-18)31-21-11-7-6-10-20(21)29-27(31)30(25(23)33)16-22(32)17-12-14-19(28)15-13-17/h3-15,23-24H,2,16H2,1H3/t23-,24+/m1/s1. The largest absolute Gasteiger partial charge is 0.465 e. The number of benzene rings is 3. The third-order valence-corrected chi connectivity index (χ3v) is 6.35. The minimum absolute atomic E-state index is 0.130. The molecule has 4 aromatic rings. The normalized spacial score (nSPS) is 17.3. The summed E-state index contributed by atoms with van der Waals surface area (Å²) in [6.07, 6.45) is 0. The highest BCUT2D eigenvalue weighted by Crippen LogP contribution is 2.41. The lowest BCUT2D eigenvalue weighted by Gasteiger charge is -2.37. The van der Waals surface area contributed by atoms with Gasteiger partial charge in [0, 0.05) is 10.6 Å². The summed E-state index contributed by atoms with van der Waals surface area (Å²) in [6, 6.07) is 22.6. The number of rotatable bonds is 6. The number of halogens is 1. The Balaban J connectivity index is 1.68. The molecule has 0 saturated heterocycles. The summed E-state index contributed by atoms with van der Waals surface area (Å²) < 4.78 is 7.20. The lowest BCUT2D eigenvalue weighted by Crippen LogP contribution is -2.51. The molecule has 0 spiro atoms. The van der Waals surface area contributed by atoms with Crippen LogP contribution in [-0.4, -0.2) is 40.4 Å². The van der Waals surface area contributed by atoms with Gasteiger partial charge in [-0.25, -0.2) is 4.98 Å². The van der Waals surface area contributed by atoms with Crippen molar-refractivity contribution in [2.45, 2.75) is 13.0 Å². The number of aromatic nitrogens is 2. The van der Waals surface area contributed by atoms with Gasteiger partial charge in [0.05, 0.1) is 30.2 Å². The van der Waals surface area contributed by atoms with Gasteiger partial charge in [0.2, 0.25) is 11.9 Å². The van der Waals surface area contributed by atoms with E-state index in [4.69, 9.17) is 21.3 Å². The zero-order valence-electron chi connectivity index (χ0n) is 18.9.